The van der Waals surface area contributed by atoms with E-state index in [2.05, 4.69) is 6.92 Å². The van der Waals surface area contributed by atoms with Crippen LogP contribution in [0.5, 0.6) is 0 Å². The Balaban J connectivity index is 2.68. The highest BCUT2D eigenvalue weighted by molar-refractivity contribution is 6.21. The molecule has 64 valence electrons. The van der Waals surface area contributed by atoms with Crippen molar-refractivity contribution in [2.75, 3.05) is 0 Å². The summed E-state index contributed by atoms with van der Waals surface area (Å²) in [4.78, 5) is 0. The fraction of sp³-hybridized carbons (Fsp3) is 0.778. The molecule has 0 aromatic rings. The van der Waals surface area contributed by atoms with Crippen molar-refractivity contribution >= 4 is 11.6 Å². The van der Waals surface area contributed by atoms with Crippen LogP contribution in [0.2, 0.25) is 0 Å². The van der Waals surface area contributed by atoms with Gasteiger partial charge in [-0.05, 0) is 38.2 Å². The molecule has 0 aromatic carbocycles. The first-order valence-electron chi connectivity index (χ1n) is 4.22. The van der Waals surface area contributed by atoms with Crippen molar-refractivity contribution in [2.24, 2.45) is 0 Å². The van der Waals surface area contributed by atoms with Crippen LogP contribution < -0.4 is 0 Å². The van der Waals surface area contributed by atoms with E-state index in [0.717, 1.165) is 18.4 Å². The standard InChI is InChI=1S/C9H15ClO/c1-7-5-3-2-4-6-8(7)9(10)11/h9,11H,2-6H2,1H3. The zero-order chi connectivity index (χ0) is 8.27. The molecule has 1 nitrogen and oxygen atoms in total. The maximum atomic E-state index is 9.18. The lowest BCUT2D eigenvalue weighted by atomic mass is 10.1. The topological polar surface area (TPSA) is 20.2 Å². The van der Waals surface area contributed by atoms with Gasteiger partial charge in [-0.2, -0.15) is 0 Å². The summed E-state index contributed by atoms with van der Waals surface area (Å²) >= 11 is 5.62. The third kappa shape index (κ3) is 2.49. The minimum Gasteiger partial charge on any atom is -0.374 e. The van der Waals surface area contributed by atoms with Gasteiger partial charge >= 0.3 is 0 Å². The van der Waals surface area contributed by atoms with Gasteiger partial charge in [-0.15, -0.1) is 0 Å². The van der Waals surface area contributed by atoms with Gasteiger partial charge in [-0.25, -0.2) is 0 Å². The Hall–Kier alpha value is -0.0100. The number of aliphatic hydroxyl groups excluding tert-OH is 1. The molecule has 11 heavy (non-hydrogen) atoms. The predicted molar refractivity (Wildman–Crippen MR) is 47.6 cm³/mol. The third-order valence-electron chi connectivity index (χ3n) is 2.33. The van der Waals surface area contributed by atoms with Crippen molar-refractivity contribution in [2.45, 2.75) is 44.6 Å². The molecule has 0 bridgehead atoms. The van der Waals surface area contributed by atoms with Crippen molar-refractivity contribution in [1.82, 2.24) is 0 Å². The number of halogens is 1. The summed E-state index contributed by atoms with van der Waals surface area (Å²) in [6, 6.07) is 0. The molecule has 0 heterocycles. The normalized spacial score (nSPS) is 23.2. The fourth-order valence-electron chi connectivity index (χ4n) is 1.58. The zero-order valence-electron chi connectivity index (χ0n) is 6.94. The van der Waals surface area contributed by atoms with Gasteiger partial charge in [0, 0.05) is 0 Å². The average molecular weight is 175 g/mol. The van der Waals surface area contributed by atoms with Gasteiger partial charge in [0.25, 0.3) is 0 Å². The maximum Gasteiger partial charge on any atom is 0.149 e. The highest BCUT2D eigenvalue weighted by Gasteiger charge is 2.12. The summed E-state index contributed by atoms with van der Waals surface area (Å²) in [6.07, 6.45) is 5.79. The Morgan fingerprint density at radius 3 is 2.55 bits per heavy atom. The van der Waals surface area contributed by atoms with Gasteiger partial charge in [0.1, 0.15) is 5.56 Å². The van der Waals surface area contributed by atoms with E-state index >= 15 is 0 Å². The SMILES string of the molecule is CC1=C(C(O)Cl)CCCCC1. The highest BCUT2D eigenvalue weighted by atomic mass is 35.5. The van der Waals surface area contributed by atoms with Crippen LogP contribution >= 0.6 is 11.6 Å². The Morgan fingerprint density at radius 2 is 1.91 bits per heavy atom. The molecule has 0 spiro atoms. The summed E-state index contributed by atoms with van der Waals surface area (Å²) in [5, 5.41) is 9.18. The van der Waals surface area contributed by atoms with Crippen LogP contribution in [0.1, 0.15) is 39.0 Å². The first-order valence-corrected chi connectivity index (χ1v) is 4.66. The number of allylic oxidation sites excluding steroid dienone is 1. The Morgan fingerprint density at radius 1 is 1.27 bits per heavy atom. The smallest absolute Gasteiger partial charge is 0.149 e. The lowest BCUT2D eigenvalue weighted by Gasteiger charge is -2.09. The second-order valence-corrected chi connectivity index (χ2v) is 3.62. The molecule has 1 N–H and O–H groups in total. The molecule has 0 saturated carbocycles. The van der Waals surface area contributed by atoms with Gasteiger partial charge in [-0.3, -0.25) is 0 Å². The first kappa shape index (κ1) is 9.08. The van der Waals surface area contributed by atoms with E-state index in [9.17, 15) is 5.11 Å². The summed E-state index contributed by atoms with van der Waals surface area (Å²) in [5.74, 6) is 0. The number of hydrogen-bond donors (Lipinski definition) is 1. The molecule has 0 radical (unpaired) electrons. The summed E-state index contributed by atoms with van der Waals surface area (Å²) in [6.45, 7) is 2.08. The largest absolute Gasteiger partial charge is 0.374 e. The van der Waals surface area contributed by atoms with Crippen molar-refractivity contribution < 1.29 is 5.11 Å². The van der Waals surface area contributed by atoms with Crippen molar-refractivity contribution in [1.29, 1.82) is 0 Å². The van der Waals surface area contributed by atoms with Crippen LogP contribution in [0, 0.1) is 0 Å². The van der Waals surface area contributed by atoms with Crippen LogP contribution in [0.15, 0.2) is 11.1 Å². The first-order chi connectivity index (χ1) is 5.22. The van der Waals surface area contributed by atoms with Gasteiger partial charge in [0.2, 0.25) is 0 Å². The molecule has 0 fully saturated rings. The summed E-state index contributed by atoms with van der Waals surface area (Å²) in [5.41, 5.74) is 1.61. The van der Waals surface area contributed by atoms with E-state index in [1.807, 2.05) is 0 Å². The quantitative estimate of drug-likeness (QED) is 0.479. The van der Waals surface area contributed by atoms with E-state index < -0.39 is 5.56 Å². The van der Waals surface area contributed by atoms with Gasteiger partial charge in [-0.1, -0.05) is 23.6 Å². The fourth-order valence-corrected chi connectivity index (χ4v) is 1.87. The Bertz CT molecular complexity index is 161. The van der Waals surface area contributed by atoms with Crippen molar-refractivity contribution in [3.8, 4) is 0 Å². The molecule has 0 aliphatic heterocycles. The molecule has 0 aromatic heterocycles. The minimum absolute atomic E-state index is 0.742. The molecule has 1 aliphatic carbocycles. The maximum absolute atomic E-state index is 9.18. The third-order valence-corrected chi connectivity index (χ3v) is 2.60. The van der Waals surface area contributed by atoms with Gasteiger partial charge in [0.15, 0.2) is 0 Å². The minimum atomic E-state index is -0.742. The zero-order valence-corrected chi connectivity index (χ0v) is 7.69. The van der Waals surface area contributed by atoms with E-state index in [1.165, 1.54) is 24.8 Å². The lowest BCUT2D eigenvalue weighted by molar-refractivity contribution is 0.284. The Labute approximate surface area is 73.1 Å². The van der Waals surface area contributed by atoms with Crippen LogP contribution in [0.4, 0.5) is 0 Å². The molecule has 2 heteroatoms. The van der Waals surface area contributed by atoms with Gasteiger partial charge in [0.05, 0.1) is 0 Å². The predicted octanol–water partition coefficient (Wildman–Crippen LogP) is 2.82. The molecule has 1 atom stereocenters. The van der Waals surface area contributed by atoms with Crippen molar-refractivity contribution in [3.05, 3.63) is 11.1 Å². The van der Waals surface area contributed by atoms with E-state index in [0.29, 0.717) is 0 Å². The van der Waals surface area contributed by atoms with E-state index in [-0.39, 0.29) is 0 Å². The van der Waals surface area contributed by atoms with Crippen LogP contribution in [-0.4, -0.2) is 10.7 Å². The van der Waals surface area contributed by atoms with Crippen LogP contribution in [-0.2, 0) is 0 Å². The molecule has 1 aliphatic rings. The molecular formula is C9H15ClO. The van der Waals surface area contributed by atoms with E-state index in [4.69, 9.17) is 11.6 Å². The van der Waals surface area contributed by atoms with E-state index in [1.54, 1.807) is 0 Å². The summed E-state index contributed by atoms with van der Waals surface area (Å²) < 4.78 is 0. The molecule has 0 saturated heterocycles. The lowest BCUT2D eigenvalue weighted by Crippen LogP contribution is -2.02. The average Bonchev–Trinajstić information content (AvgIpc) is 2.13. The monoisotopic (exact) mass is 174 g/mol. The molecule has 1 rings (SSSR count). The van der Waals surface area contributed by atoms with Crippen LogP contribution in [0.3, 0.4) is 0 Å². The number of alkyl halides is 1. The molecular weight excluding hydrogens is 160 g/mol. The Kier molecular flexibility index (Phi) is 3.41. The number of aliphatic hydroxyl groups is 1. The second kappa shape index (κ2) is 4.13. The molecule has 0 amide bonds. The highest BCUT2D eigenvalue weighted by Crippen LogP contribution is 2.26. The molecule has 1 unspecified atom stereocenters. The van der Waals surface area contributed by atoms with Crippen LogP contribution in [0.25, 0.3) is 0 Å². The van der Waals surface area contributed by atoms with Gasteiger partial charge < -0.3 is 5.11 Å². The number of rotatable bonds is 1. The van der Waals surface area contributed by atoms with Crippen molar-refractivity contribution in [3.63, 3.8) is 0 Å². The number of hydrogen-bond acceptors (Lipinski definition) is 1. The summed E-state index contributed by atoms with van der Waals surface area (Å²) in [7, 11) is 0. The second-order valence-electron chi connectivity index (χ2n) is 3.20.